The first-order chi connectivity index (χ1) is 13.1. The van der Waals surface area contributed by atoms with Gasteiger partial charge in [-0.3, -0.25) is 9.59 Å². The highest BCUT2D eigenvalue weighted by Crippen LogP contribution is 2.20. The second-order valence-corrected chi connectivity index (χ2v) is 7.12. The fourth-order valence-electron chi connectivity index (χ4n) is 3.17. The van der Waals surface area contributed by atoms with Crippen molar-refractivity contribution in [2.24, 2.45) is 0 Å². The van der Waals surface area contributed by atoms with Crippen LogP contribution in [0.1, 0.15) is 90.9 Å². The third kappa shape index (κ3) is 9.07. The molecule has 0 unspecified atom stereocenters. The molecule has 0 aromatic heterocycles. The van der Waals surface area contributed by atoms with Gasteiger partial charge in [0.25, 0.3) is 0 Å². The lowest BCUT2D eigenvalue weighted by molar-refractivity contribution is -0.119. The number of carbonyl (C=O) groups is 2. The van der Waals surface area contributed by atoms with E-state index in [-0.39, 0.29) is 11.3 Å². The quantitative estimate of drug-likeness (QED) is 0.276. The van der Waals surface area contributed by atoms with Crippen molar-refractivity contribution in [3.63, 3.8) is 0 Å². The Kier molecular flexibility index (Phi) is 12.2. The molecule has 0 atom stereocenters. The minimum Gasteiger partial charge on any atom is -0.504 e. The molecule has 0 fully saturated rings. The highest BCUT2D eigenvalue weighted by molar-refractivity contribution is 6.22. The van der Waals surface area contributed by atoms with Crippen LogP contribution in [0.4, 0.5) is 0 Å². The molecule has 4 heteroatoms. The molecule has 0 aromatic carbocycles. The molecule has 1 N–H and O–H groups in total. The summed E-state index contributed by atoms with van der Waals surface area (Å²) in [6, 6.07) is 0. The van der Waals surface area contributed by atoms with Crippen LogP contribution in [0.15, 0.2) is 35.3 Å². The van der Waals surface area contributed by atoms with Gasteiger partial charge in [0, 0.05) is 6.08 Å². The third-order valence-electron chi connectivity index (χ3n) is 4.78. The molecule has 0 aromatic rings. The zero-order chi connectivity index (χ0) is 19.9. The number of ether oxygens (including phenoxy) is 1. The van der Waals surface area contributed by atoms with Gasteiger partial charge in [0.1, 0.15) is 0 Å². The van der Waals surface area contributed by atoms with Gasteiger partial charge in [-0.15, -0.1) is 0 Å². The summed E-state index contributed by atoms with van der Waals surface area (Å²) in [5, 5.41) is 9.84. The van der Waals surface area contributed by atoms with E-state index in [1.165, 1.54) is 64.2 Å². The average molecular weight is 377 g/mol. The third-order valence-corrected chi connectivity index (χ3v) is 4.78. The first-order valence-corrected chi connectivity index (χ1v) is 10.6. The number of rotatable bonds is 15. The molecule has 0 radical (unpaired) electrons. The molecule has 27 heavy (non-hydrogen) atoms. The van der Waals surface area contributed by atoms with Crippen LogP contribution in [0.2, 0.25) is 0 Å². The Hall–Kier alpha value is -1.84. The van der Waals surface area contributed by atoms with Gasteiger partial charge in [-0.1, -0.05) is 83.3 Å². The van der Waals surface area contributed by atoms with E-state index < -0.39 is 17.3 Å². The molecule has 1 aliphatic rings. The van der Waals surface area contributed by atoms with Gasteiger partial charge >= 0.3 is 0 Å². The summed E-state index contributed by atoms with van der Waals surface area (Å²) in [6.45, 7) is 4.30. The number of aliphatic hydroxyl groups is 1. The van der Waals surface area contributed by atoms with E-state index in [0.717, 1.165) is 18.9 Å². The largest absolute Gasteiger partial charge is 0.504 e. The van der Waals surface area contributed by atoms with Crippen LogP contribution in [0, 0.1) is 0 Å². The van der Waals surface area contributed by atoms with Gasteiger partial charge in [-0.05, 0) is 19.8 Å². The highest BCUT2D eigenvalue weighted by atomic mass is 16.5. The minimum absolute atomic E-state index is 0.00893. The molecule has 152 valence electrons. The normalized spacial score (nSPS) is 15.0. The van der Waals surface area contributed by atoms with Gasteiger partial charge < -0.3 is 9.84 Å². The van der Waals surface area contributed by atoms with E-state index in [1.807, 2.05) is 6.08 Å². The van der Waals surface area contributed by atoms with Crippen LogP contribution < -0.4 is 0 Å². The summed E-state index contributed by atoms with van der Waals surface area (Å²) < 4.78 is 5.17. The lowest BCUT2D eigenvalue weighted by atomic mass is 9.99. The summed E-state index contributed by atoms with van der Waals surface area (Å²) in [5.74, 6) is -1.48. The molecule has 0 amide bonds. The number of Topliss-reactive ketones (excluding diaryl/α,β-unsaturated/α-hetero) is 1. The molecular formula is C23H36O4. The smallest absolute Gasteiger partial charge is 0.231 e. The van der Waals surface area contributed by atoms with Crippen molar-refractivity contribution in [3.8, 4) is 0 Å². The van der Waals surface area contributed by atoms with Crippen molar-refractivity contribution in [2.45, 2.75) is 90.9 Å². The Morgan fingerprint density at radius 3 is 2.00 bits per heavy atom. The predicted molar refractivity (Wildman–Crippen MR) is 110 cm³/mol. The molecule has 0 bridgehead atoms. The van der Waals surface area contributed by atoms with E-state index in [9.17, 15) is 14.7 Å². The molecular weight excluding hydrogens is 340 g/mol. The molecule has 1 rings (SSSR count). The van der Waals surface area contributed by atoms with E-state index in [2.05, 4.69) is 6.92 Å². The molecule has 0 spiro atoms. The number of allylic oxidation sites excluding steroid dienone is 4. The Labute approximate surface area is 164 Å². The molecule has 4 nitrogen and oxygen atoms in total. The van der Waals surface area contributed by atoms with Crippen LogP contribution in [0.25, 0.3) is 0 Å². The van der Waals surface area contributed by atoms with Crippen molar-refractivity contribution >= 4 is 11.6 Å². The molecule has 0 saturated heterocycles. The SMILES string of the molecule is CCCCCCCCCCCCC/C=C\C1=C(O)C(=O)C=C(OCC)C1=O. The summed E-state index contributed by atoms with van der Waals surface area (Å²) in [5.41, 5.74) is 0.0361. The summed E-state index contributed by atoms with van der Waals surface area (Å²) in [6.07, 6.45) is 19.5. The Morgan fingerprint density at radius 2 is 1.44 bits per heavy atom. The Balaban J connectivity index is 2.17. The van der Waals surface area contributed by atoms with Gasteiger partial charge in [-0.2, -0.15) is 0 Å². The van der Waals surface area contributed by atoms with Crippen molar-refractivity contribution in [1.29, 1.82) is 0 Å². The molecule has 0 aliphatic heterocycles. The average Bonchev–Trinajstić information content (AvgIpc) is 2.66. The standard InChI is InChI=1S/C23H36O4/c1-3-5-6-7-8-9-10-11-12-13-14-15-16-17-19-22(25)20(24)18-21(23(19)26)27-4-2/h16-18,25H,3-15H2,1-2H3/b17-16-. The predicted octanol–water partition coefficient (Wildman–Crippen LogP) is 6.13. The monoisotopic (exact) mass is 376 g/mol. The second kappa shape index (κ2) is 14.2. The fourth-order valence-corrected chi connectivity index (χ4v) is 3.17. The number of carbonyl (C=O) groups excluding carboxylic acids is 2. The van der Waals surface area contributed by atoms with Crippen LogP contribution in [-0.2, 0) is 14.3 Å². The van der Waals surface area contributed by atoms with Crippen molar-refractivity contribution in [1.82, 2.24) is 0 Å². The Morgan fingerprint density at radius 1 is 0.889 bits per heavy atom. The van der Waals surface area contributed by atoms with Gasteiger partial charge in [0.05, 0.1) is 12.2 Å². The maximum absolute atomic E-state index is 12.2. The fraction of sp³-hybridized carbons (Fsp3) is 0.652. The number of hydrogen-bond acceptors (Lipinski definition) is 4. The number of aliphatic hydroxyl groups excluding tert-OH is 1. The zero-order valence-corrected chi connectivity index (χ0v) is 17.1. The molecule has 0 heterocycles. The van der Waals surface area contributed by atoms with Gasteiger partial charge in [0.15, 0.2) is 11.5 Å². The van der Waals surface area contributed by atoms with Crippen molar-refractivity contribution < 1.29 is 19.4 Å². The first kappa shape index (κ1) is 23.2. The van der Waals surface area contributed by atoms with E-state index in [4.69, 9.17) is 4.74 Å². The van der Waals surface area contributed by atoms with E-state index in [1.54, 1.807) is 13.0 Å². The van der Waals surface area contributed by atoms with Gasteiger partial charge in [-0.25, -0.2) is 0 Å². The lowest BCUT2D eigenvalue weighted by Crippen LogP contribution is -2.20. The number of unbranched alkanes of at least 4 members (excludes halogenated alkanes) is 11. The maximum Gasteiger partial charge on any atom is 0.231 e. The van der Waals surface area contributed by atoms with Crippen molar-refractivity contribution in [3.05, 3.63) is 35.3 Å². The number of hydrogen-bond donors (Lipinski definition) is 1. The summed E-state index contributed by atoms with van der Waals surface area (Å²) >= 11 is 0. The topological polar surface area (TPSA) is 63.6 Å². The van der Waals surface area contributed by atoms with Crippen LogP contribution >= 0.6 is 0 Å². The number of ketones is 2. The van der Waals surface area contributed by atoms with Crippen molar-refractivity contribution in [2.75, 3.05) is 6.61 Å². The lowest BCUT2D eigenvalue weighted by Gasteiger charge is -2.13. The Bertz CT molecular complexity index is 555. The van der Waals surface area contributed by atoms with Gasteiger partial charge in [0.2, 0.25) is 11.6 Å². The maximum atomic E-state index is 12.2. The zero-order valence-electron chi connectivity index (χ0n) is 17.1. The highest BCUT2D eigenvalue weighted by Gasteiger charge is 2.27. The minimum atomic E-state index is -0.576. The van der Waals surface area contributed by atoms with E-state index in [0.29, 0.717) is 6.61 Å². The summed E-state index contributed by atoms with van der Waals surface area (Å²) in [4.78, 5) is 23.9. The van der Waals surface area contributed by atoms with E-state index >= 15 is 0 Å². The first-order valence-electron chi connectivity index (χ1n) is 10.6. The molecule has 0 saturated carbocycles. The van der Waals surface area contributed by atoms with Crippen LogP contribution in [-0.4, -0.2) is 23.3 Å². The van der Waals surface area contributed by atoms with Crippen LogP contribution in [0.3, 0.4) is 0 Å². The second-order valence-electron chi connectivity index (χ2n) is 7.12. The van der Waals surface area contributed by atoms with Crippen LogP contribution in [0.5, 0.6) is 0 Å². The molecule has 1 aliphatic carbocycles. The summed E-state index contributed by atoms with van der Waals surface area (Å²) in [7, 11) is 0.